The second kappa shape index (κ2) is 9.53. The van der Waals surface area contributed by atoms with Gasteiger partial charge in [0.15, 0.2) is 0 Å². The van der Waals surface area contributed by atoms with E-state index >= 15 is 0 Å². The van der Waals surface area contributed by atoms with Crippen molar-refractivity contribution in [2.45, 2.75) is 12.5 Å². The zero-order valence-corrected chi connectivity index (χ0v) is 21.4. The number of rotatable bonds is 5. The average molecular weight is 570 g/mol. The van der Waals surface area contributed by atoms with Gasteiger partial charge in [0.25, 0.3) is 11.7 Å². The molecule has 2 heterocycles. The molecule has 1 fully saturated rings. The van der Waals surface area contributed by atoms with Crippen LogP contribution in [0.2, 0.25) is 10.0 Å². The van der Waals surface area contributed by atoms with E-state index in [1.165, 1.54) is 4.90 Å². The molecule has 0 bridgehead atoms. The number of Topliss-reactive ketones (excluding diaryl/α,β-unsaturated/α-hetero) is 1. The maximum absolute atomic E-state index is 13.2. The highest BCUT2D eigenvalue weighted by Crippen LogP contribution is 2.42. The SMILES string of the molecule is O=C1C(=O)N(CCc2c[nH]c3ccccc23)C(c2ccc(Cl)cc2Cl)/C1=C(/O)c1ccc(Br)cc1. The number of aromatic amines is 1. The van der Waals surface area contributed by atoms with Crippen LogP contribution in [0.5, 0.6) is 0 Å². The quantitative estimate of drug-likeness (QED) is 0.156. The number of carbonyl (C=O) groups excluding carboxylic acids is 2. The van der Waals surface area contributed by atoms with E-state index in [1.807, 2.05) is 30.5 Å². The lowest BCUT2D eigenvalue weighted by Crippen LogP contribution is -2.31. The van der Waals surface area contributed by atoms with Crippen LogP contribution in [0.3, 0.4) is 0 Å². The molecule has 1 unspecified atom stereocenters. The monoisotopic (exact) mass is 568 g/mol. The number of fused-ring (bicyclic) bond motifs is 1. The van der Waals surface area contributed by atoms with Gasteiger partial charge in [-0.15, -0.1) is 0 Å². The Morgan fingerprint density at radius 1 is 1.03 bits per heavy atom. The highest BCUT2D eigenvalue weighted by Gasteiger charge is 2.46. The maximum Gasteiger partial charge on any atom is 0.295 e. The number of nitrogens with zero attached hydrogens (tertiary/aromatic N) is 1. The molecule has 3 aromatic carbocycles. The largest absolute Gasteiger partial charge is 0.507 e. The van der Waals surface area contributed by atoms with E-state index in [1.54, 1.807) is 42.5 Å². The number of aliphatic hydroxyl groups excluding tert-OH is 1. The first-order valence-electron chi connectivity index (χ1n) is 10.9. The van der Waals surface area contributed by atoms with Crippen molar-refractivity contribution in [3.8, 4) is 0 Å². The van der Waals surface area contributed by atoms with Gasteiger partial charge in [-0.2, -0.15) is 0 Å². The van der Waals surface area contributed by atoms with Gasteiger partial charge in [-0.1, -0.05) is 75.5 Å². The topological polar surface area (TPSA) is 73.4 Å². The molecule has 1 aromatic heterocycles. The van der Waals surface area contributed by atoms with Gasteiger partial charge in [0, 0.05) is 43.7 Å². The molecule has 1 saturated heterocycles. The number of H-pyrrole nitrogens is 1. The predicted molar refractivity (Wildman–Crippen MR) is 142 cm³/mol. The molecule has 0 aliphatic carbocycles. The molecule has 0 radical (unpaired) electrons. The predicted octanol–water partition coefficient (Wildman–Crippen LogP) is 6.90. The summed E-state index contributed by atoms with van der Waals surface area (Å²) >= 11 is 16.0. The molecule has 0 saturated carbocycles. The number of amides is 1. The molecule has 0 spiro atoms. The highest BCUT2D eigenvalue weighted by atomic mass is 79.9. The molecule has 2 N–H and O–H groups in total. The van der Waals surface area contributed by atoms with Crippen molar-refractivity contribution < 1.29 is 14.7 Å². The third-order valence-electron chi connectivity index (χ3n) is 6.21. The van der Waals surface area contributed by atoms with Crippen molar-refractivity contribution in [2.24, 2.45) is 0 Å². The lowest BCUT2D eigenvalue weighted by atomic mass is 9.95. The lowest BCUT2D eigenvalue weighted by Gasteiger charge is -2.26. The van der Waals surface area contributed by atoms with E-state index in [0.29, 0.717) is 27.6 Å². The Kier molecular flexibility index (Phi) is 6.45. The van der Waals surface area contributed by atoms with Gasteiger partial charge < -0.3 is 15.0 Å². The summed E-state index contributed by atoms with van der Waals surface area (Å²) in [5.74, 6) is -1.68. The Balaban J connectivity index is 1.59. The Hall–Kier alpha value is -3.06. The van der Waals surface area contributed by atoms with E-state index in [0.717, 1.165) is 20.9 Å². The summed E-state index contributed by atoms with van der Waals surface area (Å²) in [4.78, 5) is 31.2. The highest BCUT2D eigenvalue weighted by molar-refractivity contribution is 9.10. The molecule has 5 nitrogen and oxygen atoms in total. The van der Waals surface area contributed by atoms with E-state index < -0.39 is 17.7 Å². The molecule has 176 valence electrons. The van der Waals surface area contributed by atoms with Gasteiger partial charge in [0.1, 0.15) is 5.76 Å². The van der Waals surface area contributed by atoms with Crippen molar-refractivity contribution in [2.75, 3.05) is 6.54 Å². The number of hydrogen-bond acceptors (Lipinski definition) is 3. The number of hydrogen-bond donors (Lipinski definition) is 2. The van der Waals surface area contributed by atoms with Gasteiger partial charge in [-0.3, -0.25) is 9.59 Å². The van der Waals surface area contributed by atoms with Crippen molar-refractivity contribution in [3.63, 3.8) is 0 Å². The number of nitrogens with one attached hydrogen (secondary N) is 1. The number of carbonyl (C=O) groups is 2. The summed E-state index contributed by atoms with van der Waals surface area (Å²) in [5.41, 5.74) is 2.97. The van der Waals surface area contributed by atoms with Crippen LogP contribution in [-0.2, 0) is 16.0 Å². The van der Waals surface area contributed by atoms with E-state index in [9.17, 15) is 14.7 Å². The minimum atomic E-state index is -0.853. The molecule has 35 heavy (non-hydrogen) atoms. The van der Waals surface area contributed by atoms with Crippen LogP contribution in [0, 0.1) is 0 Å². The molecule has 1 amide bonds. The number of likely N-dealkylation sites (tertiary alicyclic amines) is 1. The fourth-order valence-electron chi connectivity index (χ4n) is 4.50. The van der Waals surface area contributed by atoms with Crippen LogP contribution in [0.15, 0.2) is 83.0 Å². The Labute approximate surface area is 220 Å². The van der Waals surface area contributed by atoms with Crippen LogP contribution in [-0.4, -0.2) is 33.2 Å². The first-order chi connectivity index (χ1) is 16.8. The van der Waals surface area contributed by atoms with E-state index in [2.05, 4.69) is 20.9 Å². The van der Waals surface area contributed by atoms with Crippen LogP contribution in [0.1, 0.15) is 22.7 Å². The third kappa shape index (κ3) is 4.38. The molecule has 8 heteroatoms. The zero-order chi connectivity index (χ0) is 24.7. The van der Waals surface area contributed by atoms with Crippen LogP contribution in [0.4, 0.5) is 0 Å². The molecule has 1 aliphatic heterocycles. The molecular formula is C27H19BrCl2N2O3. The van der Waals surface area contributed by atoms with Crippen molar-refractivity contribution in [1.29, 1.82) is 0 Å². The lowest BCUT2D eigenvalue weighted by molar-refractivity contribution is -0.139. The number of para-hydroxylation sites is 1. The smallest absolute Gasteiger partial charge is 0.295 e. The summed E-state index contributed by atoms with van der Waals surface area (Å²) < 4.78 is 0.825. The van der Waals surface area contributed by atoms with Gasteiger partial charge in [0.2, 0.25) is 0 Å². The number of ketones is 1. The van der Waals surface area contributed by atoms with Crippen molar-refractivity contribution in [3.05, 3.63) is 110 Å². The van der Waals surface area contributed by atoms with E-state index in [-0.39, 0.29) is 17.9 Å². The Bertz CT molecular complexity index is 1490. The van der Waals surface area contributed by atoms with Crippen molar-refractivity contribution in [1.82, 2.24) is 9.88 Å². The molecule has 1 atom stereocenters. The minimum absolute atomic E-state index is 0.000437. The third-order valence-corrected chi connectivity index (χ3v) is 7.30. The molecule has 4 aromatic rings. The summed E-state index contributed by atoms with van der Waals surface area (Å²) in [6.45, 7) is 0.257. The number of benzene rings is 3. The second-order valence-corrected chi connectivity index (χ2v) is 10.0. The standard InChI is InChI=1S/C27H19BrCl2N2O3/c28-17-7-5-15(6-8-17)25(33)23-24(20-10-9-18(29)13-21(20)30)32(27(35)26(23)34)12-11-16-14-31-22-4-2-1-3-19(16)22/h1-10,13-14,24,31,33H,11-12H2/b25-23-. The zero-order valence-electron chi connectivity index (χ0n) is 18.3. The van der Waals surface area contributed by atoms with Gasteiger partial charge in [0.05, 0.1) is 11.6 Å². The summed E-state index contributed by atoms with van der Waals surface area (Å²) in [6.07, 6.45) is 2.42. The Morgan fingerprint density at radius 2 is 1.77 bits per heavy atom. The average Bonchev–Trinajstić information content (AvgIpc) is 3.36. The van der Waals surface area contributed by atoms with Crippen LogP contribution >= 0.6 is 39.1 Å². The Morgan fingerprint density at radius 3 is 2.51 bits per heavy atom. The molecule has 1 aliphatic rings. The summed E-state index contributed by atoms with van der Waals surface area (Å²) in [6, 6.07) is 18.8. The fraction of sp³-hybridized carbons (Fsp3) is 0.111. The molecule has 5 rings (SSSR count). The summed E-state index contributed by atoms with van der Waals surface area (Å²) in [5, 5.41) is 13.0. The minimum Gasteiger partial charge on any atom is -0.507 e. The second-order valence-electron chi connectivity index (χ2n) is 8.27. The maximum atomic E-state index is 13.2. The van der Waals surface area contributed by atoms with Gasteiger partial charge in [-0.05, 0) is 47.9 Å². The van der Waals surface area contributed by atoms with Gasteiger partial charge >= 0.3 is 0 Å². The first kappa shape index (κ1) is 23.7. The number of aromatic nitrogens is 1. The van der Waals surface area contributed by atoms with Crippen LogP contribution < -0.4 is 0 Å². The summed E-state index contributed by atoms with van der Waals surface area (Å²) in [7, 11) is 0. The van der Waals surface area contributed by atoms with Crippen molar-refractivity contribution >= 4 is 67.5 Å². The van der Waals surface area contributed by atoms with Gasteiger partial charge in [-0.25, -0.2) is 0 Å². The van der Waals surface area contributed by atoms with E-state index in [4.69, 9.17) is 23.2 Å². The number of aliphatic hydroxyl groups is 1. The fourth-order valence-corrected chi connectivity index (χ4v) is 5.28. The number of halogens is 3. The van der Waals surface area contributed by atoms with Crippen LogP contribution in [0.25, 0.3) is 16.7 Å². The molecular weight excluding hydrogens is 551 g/mol. The normalized spacial score (nSPS) is 17.5. The first-order valence-corrected chi connectivity index (χ1v) is 12.4.